The zero-order valence-corrected chi connectivity index (χ0v) is 10.6. The molecule has 0 aliphatic heterocycles. The van der Waals surface area contributed by atoms with E-state index in [1.165, 1.54) is 12.3 Å². The number of nitrogens with two attached hydrogens (primary N) is 1. The minimum atomic E-state index is -0.449. The Morgan fingerprint density at radius 1 is 1.45 bits per heavy atom. The standard InChI is InChI=1S/C12H13N5O3/c1-6-7(3-2-4-9(6)18)12(19)15-11-8(5-14-16-11)10(13)17-20/h2-5,18,20H,1H3,(H2,13,17)(H2,14,15,16,19). The van der Waals surface area contributed by atoms with Crippen LogP contribution in [-0.4, -0.2) is 32.3 Å². The number of hydrogen-bond acceptors (Lipinski definition) is 5. The van der Waals surface area contributed by atoms with Gasteiger partial charge in [0.25, 0.3) is 5.91 Å². The third-order valence-corrected chi connectivity index (χ3v) is 2.81. The van der Waals surface area contributed by atoms with Gasteiger partial charge in [-0.2, -0.15) is 5.10 Å². The Morgan fingerprint density at radius 3 is 2.90 bits per heavy atom. The zero-order valence-electron chi connectivity index (χ0n) is 10.6. The van der Waals surface area contributed by atoms with Crippen molar-refractivity contribution < 1.29 is 15.1 Å². The van der Waals surface area contributed by atoms with Gasteiger partial charge in [-0.25, -0.2) is 0 Å². The van der Waals surface area contributed by atoms with Gasteiger partial charge in [-0.1, -0.05) is 11.2 Å². The first kappa shape index (κ1) is 13.4. The monoisotopic (exact) mass is 275 g/mol. The molecule has 1 heterocycles. The van der Waals surface area contributed by atoms with Crippen molar-refractivity contribution in [1.29, 1.82) is 0 Å². The molecule has 0 saturated heterocycles. The Kier molecular flexibility index (Phi) is 3.56. The maximum atomic E-state index is 12.1. The molecular formula is C12H13N5O3. The number of amidine groups is 1. The quantitative estimate of drug-likeness (QED) is 0.244. The number of aromatic hydroxyl groups is 1. The van der Waals surface area contributed by atoms with Gasteiger partial charge in [0.15, 0.2) is 5.84 Å². The largest absolute Gasteiger partial charge is 0.508 e. The summed E-state index contributed by atoms with van der Waals surface area (Å²) in [6.07, 6.45) is 1.32. The highest BCUT2D eigenvalue weighted by Gasteiger charge is 2.16. The number of carbonyl (C=O) groups excluding carboxylic acids is 1. The number of nitrogens with one attached hydrogen (secondary N) is 2. The number of phenols is 1. The summed E-state index contributed by atoms with van der Waals surface area (Å²) in [7, 11) is 0. The lowest BCUT2D eigenvalue weighted by Gasteiger charge is -2.08. The minimum absolute atomic E-state index is 0.0268. The van der Waals surface area contributed by atoms with Crippen molar-refractivity contribution in [3.63, 3.8) is 0 Å². The number of aromatic nitrogens is 2. The molecule has 20 heavy (non-hydrogen) atoms. The van der Waals surface area contributed by atoms with Crippen molar-refractivity contribution in [3.05, 3.63) is 41.1 Å². The molecule has 0 atom stereocenters. The third kappa shape index (κ3) is 2.39. The van der Waals surface area contributed by atoms with Crippen LogP contribution in [0.15, 0.2) is 29.6 Å². The van der Waals surface area contributed by atoms with Gasteiger partial charge in [0, 0.05) is 11.1 Å². The highest BCUT2D eigenvalue weighted by molar-refractivity contribution is 6.09. The average Bonchev–Trinajstić information content (AvgIpc) is 2.89. The number of nitrogens with zero attached hydrogens (tertiary/aromatic N) is 2. The van der Waals surface area contributed by atoms with Crippen LogP contribution in [0.25, 0.3) is 0 Å². The first-order valence-electron chi connectivity index (χ1n) is 5.65. The van der Waals surface area contributed by atoms with Gasteiger partial charge in [0.2, 0.25) is 0 Å². The first-order chi connectivity index (χ1) is 9.54. The van der Waals surface area contributed by atoms with Crippen LogP contribution in [0.4, 0.5) is 5.82 Å². The van der Waals surface area contributed by atoms with Crippen molar-refractivity contribution >= 4 is 17.6 Å². The van der Waals surface area contributed by atoms with Gasteiger partial charge in [-0.05, 0) is 19.1 Å². The first-order valence-corrected chi connectivity index (χ1v) is 5.65. The van der Waals surface area contributed by atoms with Crippen molar-refractivity contribution in [2.75, 3.05) is 5.32 Å². The van der Waals surface area contributed by atoms with Crippen molar-refractivity contribution in [2.45, 2.75) is 6.92 Å². The minimum Gasteiger partial charge on any atom is -0.508 e. The molecule has 0 bridgehead atoms. The molecule has 8 heteroatoms. The molecule has 0 aliphatic rings. The van der Waals surface area contributed by atoms with Crippen LogP contribution in [0, 0.1) is 6.92 Å². The Hall–Kier alpha value is -3.03. The van der Waals surface area contributed by atoms with E-state index in [4.69, 9.17) is 10.9 Å². The molecule has 0 aliphatic carbocycles. The predicted molar refractivity (Wildman–Crippen MR) is 71.9 cm³/mol. The Bertz CT molecular complexity index is 677. The van der Waals surface area contributed by atoms with Gasteiger partial charge in [0.1, 0.15) is 11.6 Å². The van der Waals surface area contributed by atoms with Gasteiger partial charge in [-0.3, -0.25) is 9.89 Å². The Morgan fingerprint density at radius 2 is 2.20 bits per heavy atom. The molecule has 0 radical (unpaired) electrons. The second-order valence-electron chi connectivity index (χ2n) is 4.05. The fourth-order valence-electron chi connectivity index (χ4n) is 1.68. The molecule has 8 nitrogen and oxygen atoms in total. The van der Waals surface area contributed by atoms with Crippen LogP contribution in [0.1, 0.15) is 21.5 Å². The number of phenolic OH excluding ortho intramolecular Hbond substituents is 1. The number of oxime groups is 1. The van der Waals surface area contributed by atoms with Crippen LogP contribution in [-0.2, 0) is 0 Å². The summed E-state index contributed by atoms with van der Waals surface area (Å²) < 4.78 is 0. The molecule has 0 spiro atoms. The zero-order chi connectivity index (χ0) is 14.7. The highest BCUT2D eigenvalue weighted by Crippen LogP contribution is 2.21. The fraction of sp³-hybridized carbons (Fsp3) is 0.0833. The van der Waals surface area contributed by atoms with Crippen LogP contribution >= 0.6 is 0 Å². The van der Waals surface area contributed by atoms with E-state index >= 15 is 0 Å². The summed E-state index contributed by atoms with van der Waals surface area (Å²) in [5, 5.41) is 29.9. The molecule has 104 valence electrons. The van der Waals surface area contributed by atoms with Crippen molar-refractivity contribution in [2.24, 2.45) is 10.9 Å². The number of hydrogen-bond donors (Lipinski definition) is 5. The second kappa shape index (κ2) is 5.31. The molecule has 2 rings (SSSR count). The fourth-order valence-corrected chi connectivity index (χ4v) is 1.68. The van der Waals surface area contributed by atoms with E-state index < -0.39 is 5.91 Å². The molecule has 1 amide bonds. The molecule has 0 fully saturated rings. The van der Waals surface area contributed by atoms with Gasteiger partial charge < -0.3 is 21.4 Å². The molecule has 2 aromatic rings. The Balaban J connectivity index is 2.29. The van der Waals surface area contributed by atoms with E-state index in [1.54, 1.807) is 19.1 Å². The maximum absolute atomic E-state index is 12.1. The van der Waals surface area contributed by atoms with E-state index in [9.17, 15) is 9.90 Å². The normalized spacial score (nSPS) is 11.3. The van der Waals surface area contributed by atoms with Gasteiger partial charge in [-0.15, -0.1) is 0 Å². The van der Waals surface area contributed by atoms with Crippen LogP contribution in [0.5, 0.6) is 5.75 Å². The summed E-state index contributed by atoms with van der Waals surface area (Å²) in [5.41, 5.74) is 6.48. The highest BCUT2D eigenvalue weighted by atomic mass is 16.4. The third-order valence-electron chi connectivity index (χ3n) is 2.81. The number of rotatable bonds is 3. The van der Waals surface area contributed by atoms with Gasteiger partial charge >= 0.3 is 0 Å². The van der Waals surface area contributed by atoms with E-state index in [1.807, 2.05) is 0 Å². The average molecular weight is 275 g/mol. The predicted octanol–water partition coefficient (Wildman–Crippen LogP) is 0.771. The molecular weight excluding hydrogens is 262 g/mol. The summed E-state index contributed by atoms with van der Waals surface area (Å²) in [5.74, 6) is -0.400. The molecule has 0 unspecified atom stereocenters. The molecule has 0 saturated carbocycles. The van der Waals surface area contributed by atoms with Gasteiger partial charge in [0.05, 0.1) is 11.8 Å². The smallest absolute Gasteiger partial charge is 0.257 e. The van der Waals surface area contributed by atoms with Crippen molar-refractivity contribution in [1.82, 2.24) is 10.2 Å². The molecule has 1 aromatic heterocycles. The Labute approximate surface area is 113 Å². The second-order valence-corrected chi connectivity index (χ2v) is 4.05. The van der Waals surface area contributed by atoms with E-state index in [0.717, 1.165) is 0 Å². The van der Waals surface area contributed by atoms with Crippen LogP contribution in [0.3, 0.4) is 0 Å². The van der Waals surface area contributed by atoms with Crippen LogP contribution in [0.2, 0.25) is 0 Å². The summed E-state index contributed by atoms with van der Waals surface area (Å²) >= 11 is 0. The lowest BCUT2D eigenvalue weighted by Crippen LogP contribution is -2.19. The van der Waals surface area contributed by atoms with Crippen LogP contribution < -0.4 is 11.1 Å². The molecule has 1 aromatic carbocycles. The lowest BCUT2D eigenvalue weighted by atomic mass is 10.1. The lowest BCUT2D eigenvalue weighted by molar-refractivity contribution is 0.102. The summed E-state index contributed by atoms with van der Waals surface area (Å²) in [6.45, 7) is 1.63. The number of benzene rings is 1. The topological polar surface area (TPSA) is 137 Å². The summed E-state index contributed by atoms with van der Waals surface area (Å²) in [6, 6.07) is 4.63. The number of H-pyrrole nitrogens is 1. The van der Waals surface area contributed by atoms with E-state index in [-0.39, 0.29) is 23.0 Å². The van der Waals surface area contributed by atoms with E-state index in [0.29, 0.717) is 11.1 Å². The number of amides is 1. The number of carbonyl (C=O) groups is 1. The van der Waals surface area contributed by atoms with Crippen molar-refractivity contribution in [3.8, 4) is 5.75 Å². The number of anilines is 1. The van der Waals surface area contributed by atoms with E-state index in [2.05, 4.69) is 20.7 Å². The SMILES string of the molecule is Cc1c(O)cccc1C(=O)Nc1[nH]ncc1/C(N)=N/O. The maximum Gasteiger partial charge on any atom is 0.257 e. The summed E-state index contributed by atoms with van der Waals surface area (Å²) in [4.78, 5) is 12.1. The molecule has 6 N–H and O–H groups in total. The number of aromatic amines is 1.